The molecular formula is C45H28N2O. The Morgan fingerprint density at radius 2 is 1.12 bits per heavy atom. The molecule has 0 aliphatic heterocycles. The number of hydrogen-bond acceptors (Lipinski definition) is 2. The molecule has 0 aliphatic carbocycles. The second-order valence-electron chi connectivity index (χ2n) is 12.4. The maximum absolute atomic E-state index is 6.13. The molecule has 0 atom stereocenters. The van der Waals surface area contributed by atoms with Gasteiger partial charge in [-0.15, -0.1) is 0 Å². The van der Waals surface area contributed by atoms with Crippen LogP contribution in [0.4, 0.5) is 0 Å². The lowest BCUT2D eigenvalue weighted by Gasteiger charge is -2.14. The summed E-state index contributed by atoms with van der Waals surface area (Å²) < 4.78 is 8.58. The predicted octanol–water partition coefficient (Wildman–Crippen LogP) is 12.2. The molecule has 3 nitrogen and oxygen atoms in total. The SMILES string of the molecule is c1ccc(-c2c(-c3ccccc3)n(-c3ccc4ccccc4c3)c3cc4ccc5cc(-c6nc7ccccc7o6)ccc5c4cc23)cc1. The van der Waals surface area contributed by atoms with Gasteiger partial charge >= 0.3 is 0 Å². The Labute approximate surface area is 277 Å². The van der Waals surface area contributed by atoms with Crippen LogP contribution in [0.3, 0.4) is 0 Å². The van der Waals surface area contributed by atoms with Crippen molar-refractivity contribution in [2.45, 2.75) is 0 Å². The molecule has 0 fully saturated rings. The number of hydrogen-bond donors (Lipinski definition) is 0. The molecule has 2 heterocycles. The van der Waals surface area contributed by atoms with Crippen LogP contribution >= 0.6 is 0 Å². The Kier molecular flexibility index (Phi) is 5.87. The highest BCUT2D eigenvalue weighted by Crippen LogP contribution is 2.45. The minimum atomic E-state index is 0.639. The lowest BCUT2D eigenvalue weighted by atomic mass is 9.95. The molecule has 224 valence electrons. The number of nitrogens with zero attached hydrogens (tertiary/aromatic N) is 2. The smallest absolute Gasteiger partial charge is 0.227 e. The summed E-state index contributed by atoms with van der Waals surface area (Å²) in [6.07, 6.45) is 0. The molecule has 0 radical (unpaired) electrons. The minimum Gasteiger partial charge on any atom is -0.436 e. The van der Waals surface area contributed by atoms with Crippen LogP contribution in [0.2, 0.25) is 0 Å². The quantitative estimate of drug-likeness (QED) is 0.185. The van der Waals surface area contributed by atoms with Gasteiger partial charge in [-0.2, -0.15) is 0 Å². The van der Waals surface area contributed by atoms with Crippen molar-refractivity contribution in [3.8, 4) is 39.5 Å². The molecule has 8 aromatic carbocycles. The number of para-hydroxylation sites is 2. The largest absolute Gasteiger partial charge is 0.436 e. The molecule has 10 aromatic rings. The minimum absolute atomic E-state index is 0.639. The summed E-state index contributed by atoms with van der Waals surface area (Å²) in [4.78, 5) is 4.76. The third-order valence-electron chi connectivity index (χ3n) is 9.56. The maximum atomic E-state index is 6.13. The fourth-order valence-corrected chi connectivity index (χ4v) is 7.33. The number of fused-ring (bicyclic) bond motifs is 6. The van der Waals surface area contributed by atoms with Crippen molar-refractivity contribution < 1.29 is 4.42 Å². The Bertz CT molecular complexity index is 2790. The topological polar surface area (TPSA) is 31.0 Å². The first-order chi connectivity index (χ1) is 23.8. The molecule has 0 saturated heterocycles. The Morgan fingerprint density at radius 3 is 1.94 bits per heavy atom. The summed E-state index contributed by atoms with van der Waals surface area (Å²) in [5, 5.41) is 8.44. The van der Waals surface area contributed by atoms with Gasteiger partial charge in [-0.25, -0.2) is 4.98 Å². The molecule has 0 N–H and O–H groups in total. The van der Waals surface area contributed by atoms with Crippen molar-refractivity contribution in [1.82, 2.24) is 9.55 Å². The number of rotatable bonds is 4. The first-order valence-corrected chi connectivity index (χ1v) is 16.3. The van der Waals surface area contributed by atoms with Gasteiger partial charge in [0.15, 0.2) is 5.58 Å². The summed E-state index contributed by atoms with van der Waals surface area (Å²) in [6.45, 7) is 0. The van der Waals surface area contributed by atoms with Crippen molar-refractivity contribution in [3.63, 3.8) is 0 Å². The second-order valence-corrected chi connectivity index (χ2v) is 12.4. The van der Waals surface area contributed by atoms with Crippen LogP contribution in [0.5, 0.6) is 0 Å². The van der Waals surface area contributed by atoms with Gasteiger partial charge in [-0.05, 0) is 92.0 Å². The van der Waals surface area contributed by atoms with Gasteiger partial charge in [-0.3, -0.25) is 0 Å². The third kappa shape index (κ3) is 4.18. The van der Waals surface area contributed by atoms with E-state index in [9.17, 15) is 0 Å². The molecule has 0 unspecified atom stereocenters. The Hall–Kier alpha value is -6.45. The third-order valence-corrected chi connectivity index (χ3v) is 9.56. The highest BCUT2D eigenvalue weighted by atomic mass is 16.3. The molecule has 0 spiro atoms. The van der Waals surface area contributed by atoms with Gasteiger partial charge in [0.05, 0.1) is 11.2 Å². The monoisotopic (exact) mass is 612 g/mol. The standard InChI is InChI=1S/C45H28N2O/c1-3-12-30(13-4-1)43-39-28-38-34(20-19-33-25-35(22-24-37(33)38)45-46-40-17-9-10-18-42(40)48-45)27-41(39)47(44(43)31-14-5-2-6-15-31)36-23-21-29-11-7-8-16-32(29)26-36/h1-28H. The lowest BCUT2D eigenvalue weighted by molar-refractivity contribution is 0.620. The molecule has 0 saturated carbocycles. The molecule has 0 aliphatic rings. The van der Waals surface area contributed by atoms with Crippen LogP contribution in [-0.2, 0) is 0 Å². The van der Waals surface area contributed by atoms with Gasteiger partial charge in [0.25, 0.3) is 0 Å². The van der Waals surface area contributed by atoms with Crippen molar-refractivity contribution in [2.75, 3.05) is 0 Å². The van der Waals surface area contributed by atoms with Gasteiger partial charge < -0.3 is 8.98 Å². The van der Waals surface area contributed by atoms with Crippen molar-refractivity contribution in [1.29, 1.82) is 0 Å². The summed E-state index contributed by atoms with van der Waals surface area (Å²) in [7, 11) is 0. The number of oxazole rings is 1. The fourth-order valence-electron chi connectivity index (χ4n) is 7.33. The van der Waals surface area contributed by atoms with Gasteiger partial charge in [0.2, 0.25) is 5.89 Å². The summed E-state index contributed by atoms with van der Waals surface area (Å²) in [5.41, 5.74) is 9.74. The van der Waals surface area contributed by atoms with E-state index in [4.69, 9.17) is 9.40 Å². The highest BCUT2D eigenvalue weighted by molar-refractivity contribution is 6.17. The van der Waals surface area contributed by atoms with Crippen molar-refractivity contribution >= 4 is 54.3 Å². The molecular weight excluding hydrogens is 585 g/mol. The molecule has 0 bridgehead atoms. The molecule has 3 heteroatoms. The molecule has 48 heavy (non-hydrogen) atoms. The molecule has 10 rings (SSSR count). The second kappa shape index (κ2) is 10.5. The number of aromatic nitrogens is 2. The van der Waals surface area contributed by atoms with Crippen LogP contribution in [0.25, 0.3) is 93.8 Å². The van der Waals surface area contributed by atoms with E-state index in [1.807, 2.05) is 24.3 Å². The fraction of sp³-hybridized carbons (Fsp3) is 0. The van der Waals surface area contributed by atoms with E-state index >= 15 is 0 Å². The van der Waals surface area contributed by atoms with Crippen LogP contribution in [0.1, 0.15) is 0 Å². The van der Waals surface area contributed by atoms with E-state index in [1.165, 1.54) is 60.2 Å². The zero-order valence-electron chi connectivity index (χ0n) is 26.0. The van der Waals surface area contributed by atoms with Crippen LogP contribution < -0.4 is 0 Å². The van der Waals surface area contributed by atoms with Gasteiger partial charge in [0, 0.05) is 22.2 Å². The first-order valence-electron chi connectivity index (χ1n) is 16.3. The maximum Gasteiger partial charge on any atom is 0.227 e. The number of benzene rings is 8. The van der Waals surface area contributed by atoms with E-state index < -0.39 is 0 Å². The first kappa shape index (κ1) is 26.7. The average Bonchev–Trinajstić information content (AvgIpc) is 3.74. The average molecular weight is 613 g/mol. The van der Waals surface area contributed by atoms with E-state index in [2.05, 4.69) is 150 Å². The van der Waals surface area contributed by atoms with Gasteiger partial charge in [-0.1, -0.05) is 121 Å². The van der Waals surface area contributed by atoms with Crippen LogP contribution in [-0.4, -0.2) is 9.55 Å². The normalized spacial score (nSPS) is 11.8. The van der Waals surface area contributed by atoms with E-state index in [-0.39, 0.29) is 0 Å². The van der Waals surface area contributed by atoms with Crippen molar-refractivity contribution in [3.05, 3.63) is 170 Å². The highest BCUT2D eigenvalue weighted by Gasteiger charge is 2.22. The molecule has 0 amide bonds. The Balaban J connectivity index is 1.28. The van der Waals surface area contributed by atoms with Crippen LogP contribution in [0, 0.1) is 0 Å². The summed E-state index contributed by atoms with van der Waals surface area (Å²) in [5.74, 6) is 0.639. The van der Waals surface area contributed by atoms with Gasteiger partial charge in [0.1, 0.15) is 5.52 Å². The van der Waals surface area contributed by atoms with Crippen molar-refractivity contribution in [2.24, 2.45) is 0 Å². The zero-order chi connectivity index (χ0) is 31.6. The zero-order valence-corrected chi connectivity index (χ0v) is 26.0. The van der Waals surface area contributed by atoms with E-state index in [0.29, 0.717) is 5.89 Å². The Morgan fingerprint density at radius 1 is 0.438 bits per heavy atom. The lowest BCUT2D eigenvalue weighted by Crippen LogP contribution is -1.98. The van der Waals surface area contributed by atoms with E-state index in [0.717, 1.165) is 27.7 Å². The van der Waals surface area contributed by atoms with E-state index in [1.54, 1.807) is 0 Å². The molecule has 2 aromatic heterocycles. The summed E-state index contributed by atoms with van der Waals surface area (Å²) >= 11 is 0. The van der Waals surface area contributed by atoms with Crippen LogP contribution in [0.15, 0.2) is 174 Å². The summed E-state index contributed by atoms with van der Waals surface area (Å²) in [6, 6.07) is 60.7. The predicted molar refractivity (Wildman–Crippen MR) is 200 cm³/mol.